The maximum atomic E-state index is 14.3. The lowest BCUT2D eigenvalue weighted by Crippen LogP contribution is -2.58. The summed E-state index contributed by atoms with van der Waals surface area (Å²) in [5.41, 5.74) is 7.65. The number of imide groups is 2. The first-order valence-electron chi connectivity index (χ1n) is 19.5. The van der Waals surface area contributed by atoms with Gasteiger partial charge >= 0.3 is 6.03 Å². The molecule has 0 radical (unpaired) electrons. The molecule has 0 bridgehead atoms. The number of rotatable bonds is 11. The zero-order valence-electron chi connectivity index (χ0n) is 32.9. The van der Waals surface area contributed by atoms with Crippen LogP contribution in [0.2, 0.25) is 0 Å². The molecule has 8 rings (SSSR count). The van der Waals surface area contributed by atoms with Crippen LogP contribution in [0.5, 0.6) is 0 Å². The number of nitrogens with two attached hydrogens (primary N) is 1. The number of carbonyl (C=O) groups excluding carboxylic acids is 5. The molecule has 3 saturated heterocycles. The number of piperidine rings is 1. The van der Waals surface area contributed by atoms with E-state index >= 15 is 0 Å². The number of sulfonamides is 1. The van der Waals surface area contributed by atoms with E-state index < -0.39 is 45.5 Å². The van der Waals surface area contributed by atoms with E-state index in [1.165, 1.54) is 28.7 Å². The van der Waals surface area contributed by atoms with Crippen LogP contribution in [0.1, 0.15) is 55.9 Å². The second-order valence-electron chi connectivity index (χ2n) is 15.2. The maximum absolute atomic E-state index is 14.3. The number of carbonyl (C=O) groups is 5. The first kappa shape index (κ1) is 41.7. The lowest BCUT2D eigenvalue weighted by atomic mass is 9.95. The van der Waals surface area contributed by atoms with E-state index in [1.807, 2.05) is 6.07 Å². The molecular formula is C40H41BrFN11O7S. The molecule has 6 amide bonds. The molecule has 0 spiro atoms. The predicted octanol–water partition coefficient (Wildman–Crippen LogP) is 3.95. The molecule has 61 heavy (non-hydrogen) atoms. The summed E-state index contributed by atoms with van der Waals surface area (Å²) in [7, 11) is -3.78. The van der Waals surface area contributed by atoms with Crippen molar-refractivity contribution in [3.63, 3.8) is 0 Å². The summed E-state index contributed by atoms with van der Waals surface area (Å²) in [4.78, 5) is 75.6. The smallest absolute Gasteiger partial charge is 0.343 e. The van der Waals surface area contributed by atoms with Crippen molar-refractivity contribution in [3.05, 3.63) is 93.3 Å². The molecule has 21 heteroatoms. The van der Waals surface area contributed by atoms with E-state index in [4.69, 9.17) is 5.73 Å². The van der Waals surface area contributed by atoms with Gasteiger partial charge in [-0.05, 0) is 95.7 Å². The van der Waals surface area contributed by atoms with E-state index in [2.05, 4.69) is 51.6 Å². The molecular weight excluding hydrogens is 877 g/mol. The molecule has 4 aromatic rings. The third kappa shape index (κ3) is 8.37. The number of benzene rings is 3. The Morgan fingerprint density at radius 1 is 0.918 bits per heavy atom. The van der Waals surface area contributed by atoms with Gasteiger partial charge in [-0.3, -0.25) is 24.5 Å². The highest BCUT2D eigenvalue weighted by Gasteiger charge is 2.43. The first-order chi connectivity index (χ1) is 29.2. The number of urea groups is 1. The topological polar surface area (TPSA) is 224 Å². The minimum atomic E-state index is -3.78. The van der Waals surface area contributed by atoms with Gasteiger partial charge in [0.05, 0.1) is 38.3 Å². The first-order valence-corrected chi connectivity index (χ1v) is 21.8. The lowest BCUT2D eigenvalue weighted by Gasteiger charge is -2.39. The average Bonchev–Trinajstić information content (AvgIpc) is 3.48. The molecule has 318 valence electrons. The molecule has 18 nitrogen and oxygen atoms in total. The zero-order valence-corrected chi connectivity index (χ0v) is 35.3. The molecule has 1 aromatic heterocycles. The van der Waals surface area contributed by atoms with Crippen LogP contribution in [-0.2, 0) is 14.8 Å². The van der Waals surface area contributed by atoms with Gasteiger partial charge in [-0.15, -0.1) is 0 Å². The van der Waals surface area contributed by atoms with Gasteiger partial charge in [0.1, 0.15) is 11.6 Å². The molecule has 3 aromatic carbocycles. The van der Waals surface area contributed by atoms with Gasteiger partial charge in [-0.1, -0.05) is 6.07 Å². The highest BCUT2D eigenvalue weighted by atomic mass is 79.9. The Labute approximate surface area is 358 Å². The van der Waals surface area contributed by atoms with Crippen molar-refractivity contribution in [1.82, 2.24) is 34.5 Å². The molecule has 0 unspecified atom stereocenters. The fraction of sp³-hybridized carbons (Fsp3) is 0.325. The molecule has 5 N–H and O–H groups in total. The van der Waals surface area contributed by atoms with Crippen molar-refractivity contribution >= 4 is 84.4 Å². The Hall–Kier alpha value is -6.03. The summed E-state index contributed by atoms with van der Waals surface area (Å²) in [5.74, 6) is -2.58. The van der Waals surface area contributed by atoms with Crippen molar-refractivity contribution in [2.24, 2.45) is 11.7 Å². The summed E-state index contributed by atoms with van der Waals surface area (Å²) in [6.45, 7) is 5.89. The number of hydrogen-bond donors (Lipinski definition) is 4. The summed E-state index contributed by atoms with van der Waals surface area (Å²) in [6, 6.07) is 13.2. The maximum Gasteiger partial charge on any atom is 0.343 e. The Bertz CT molecular complexity index is 2580. The van der Waals surface area contributed by atoms with Crippen LogP contribution in [0.3, 0.4) is 0 Å². The van der Waals surface area contributed by atoms with Gasteiger partial charge in [0.15, 0.2) is 0 Å². The summed E-state index contributed by atoms with van der Waals surface area (Å²) in [6.07, 6.45) is 3.25. The highest BCUT2D eigenvalue weighted by molar-refractivity contribution is 9.10. The van der Waals surface area contributed by atoms with E-state index in [0.29, 0.717) is 47.8 Å². The SMILES string of the molecule is Cc1cc(S(=O)(=O)N2CCN(CC3CCN(c4ccc5c(c4)C(=O)N(N4CCC(=O)NC4=O)C5=O)CC3)CC2)ccc1Nc1ncc(Br)c(Nc2cccc(F)c2C(N)=O)n1. The number of anilines is 5. The fourth-order valence-corrected chi connectivity index (χ4v) is 9.80. The van der Waals surface area contributed by atoms with E-state index in [9.17, 15) is 36.8 Å². The number of amides is 6. The van der Waals surface area contributed by atoms with E-state index in [1.54, 1.807) is 31.2 Å². The van der Waals surface area contributed by atoms with Crippen LogP contribution in [-0.4, -0.2) is 120 Å². The normalized spacial score (nSPS) is 18.0. The second-order valence-corrected chi connectivity index (χ2v) is 17.9. The van der Waals surface area contributed by atoms with Gasteiger partial charge in [0.25, 0.3) is 17.7 Å². The summed E-state index contributed by atoms with van der Waals surface area (Å²) in [5, 5.41) is 9.95. The third-order valence-electron chi connectivity index (χ3n) is 11.3. The molecule has 4 aliphatic heterocycles. The van der Waals surface area contributed by atoms with Gasteiger partial charge in [0, 0.05) is 69.8 Å². The molecule has 0 saturated carbocycles. The van der Waals surface area contributed by atoms with Crippen LogP contribution in [0.4, 0.5) is 38.0 Å². The zero-order chi connectivity index (χ0) is 43.2. The van der Waals surface area contributed by atoms with Crippen LogP contribution in [0, 0.1) is 18.7 Å². The number of hydrazine groups is 1. The molecule has 4 aliphatic rings. The molecule has 0 aliphatic carbocycles. The van der Waals surface area contributed by atoms with Crippen molar-refractivity contribution in [2.75, 3.05) is 67.9 Å². The van der Waals surface area contributed by atoms with Gasteiger partial charge < -0.3 is 26.2 Å². The van der Waals surface area contributed by atoms with Crippen LogP contribution < -0.4 is 26.6 Å². The Kier molecular flexibility index (Phi) is 11.5. The number of hydrogen-bond acceptors (Lipinski definition) is 13. The lowest BCUT2D eigenvalue weighted by molar-refractivity contribution is -0.122. The number of primary amides is 1. The minimum Gasteiger partial charge on any atom is -0.371 e. The fourth-order valence-electron chi connectivity index (χ4n) is 8.00. The predicted molar refractivity (Wildman–Crippen MR) is 224 cm³/mol. The minimum absolute atomic E-state index is 0.0126. The summed E-state index contributed by atoms with van der Waals surface area (Å²) < 4.78 is 43.8. The van der Waals surface area contributed by atoms with Gasteiger partial charge in [-0.2, -0.15) is 14.3 Å². The van der Waals surface area contributed by atoms with Crippen molar-refractivity contribution in [1.29, 1.82) is 0 Å². The van der Waals surface area contributed by atoms with Crippen LogP contribution >= 0.6 is 15.9 Å². The number of aromatic nitrogens is 2. The van der Waals surface area contributed by atoms with Crippen LogP contribution in [0.25, 0.3) is 0 Å². The Morgan fingerprint density at radius 2 is 1.66 bits per heavy atom. The number of halogens is 2. The number of nitrogens with zero attached hydrogens (tertiary/aromatic N) is 7. The quantitative estimate of drug-likeness (QED) is 0.157. The monoisotopic (exact) mass is 917 g/mol. The van der Waals surface area contributed by atoms with Gasteiger partial charge in [0.2, 0.25) is 21.9 Å². The van der Waals surface area contributed by atoms with Crippen molar-refractivity contribution in [2.45, 2.75) is 31.1 Å². The van der Waals surface area contributed by atoms with Crippen LogP contribution in [0.15, 0.2) is 70.2 Å². The second kappa shape index (κ2) is 16.8. The highest BCUT2D eigenvalue weighted by Crippen LogP contribution is 2.33. The van der Waals surface area contributed by atoms with Crippen molar-refractivity contribution < 1.29 is 36.8 Å². The standard InChI is InChI=1S/C40H41BrFN11O7S/c1-23-19-26(6-8-31(23)46-39-44-21-29(41)36(48-39)45-32-4-2-3-30(42)34(32)35(43)55)61(59,60)51-17-15-49(16-18-51)22-24-9-12-50(13-10-24)25-5-7-27-28(20-25)38(57)53(37(27)56)52-14-11-33(54)47-40(52)58/h2-8,19-21,24H,9-18,22H2,1H3,(H2,43,55)(H,47,54,58)(H2,44,45,46,48). The number of fused-ring (bicyclic) bond motifs is 1. The molecule has 0 atom stereocenters. The Morgan fingerprint density at radius 3 is 2.36 bits per heavy atom. The third-order valence-corrected chi connectivity index (χ3v) is 13.8. The van der Waals surface area contributed by atoms with E-state index in [-0.39, 0.29) is 52.0 Å². The average molecular weight is 919 g/mol. The number of piperazine rings is 1. The van der Waals surface area contributed by atoms with E-state index in [0.717, 1.165) is 54.2 Å². The Balaban J connectivity index is 0.831. The number of aryl methyl sites for hydroxylation is 1. The largest absolute Gasteiger partial charge is 0.371 e. The van der Waals surface area contributed by atoms with Crippen molar-refractivity contribution in [3.8, 4) is 0 Å². The number of nitrogens with one attached hydrogen (secondary N) is 3. The molecule has 5 heterocycles. The molecule has 3 fully saturated rings. The van der Waals surface area contributed by atoms with Gasteiger partial charge in [-0.25, -0.2) is 27.6 Å². The summed E-state index contributed by atoms with van der Waals surface area (Å²) >= 11 is 3.36.